The molecule has 0 saturated carbocycles. The van der Waals surface area contributed by atoms with Crippen LogP contribution in [0.5, 0.6) is 0 Å². The Bertz CT molecular complexity index is 1650. The highest BCUT2D eigenvalue weighted by Crippen LogP contribution is 2.27. The lowest BCUT2D eigenvalue weighted by Gasteiger charge is -2.62. The summed E-state index contributed by atoms with van der Waals surface area (Å²) in [6.07, 6.45) is 0. The molecule has 12 bridgehead atoms. The van der Waals surface area contributed by atoms with Crippen LogP contribution in [0.3, 0.4) is 0 Å². The van der Waals surface area contributed by atoms with Crippen molar-refractivity contribution in [2.45, 2.75) is 102 Å². The maximum atomic E-state index is 4.21. The average molecular weight is 865 g/mol. The Morgan fingerprint density at radius 1 is 0.262 bits per heavy atom. The molecule has 9 aliphatic rings. The zero-order valence-corrected chi connectivity index (χ0v) is 42.3. The molecule has 9 saturated heterocycles. The van der Waals surface area contributed by atoms with Crippen LogP contribution in [0.4, 0.5) is 0 Å². The number of rotatable bonds is 2. The summed E-state index contributed by atoms with van der Waals surface area (Å²) >= 11 is 0. The molecule has 0 aliphatic carbocycles. The second-order valence-electron chi connectivity index (χ2n) is 20.5. The van der Waals surface area contributed by atoms with Crippen molar-refractivity contribution in [3.8, 4) is 0 Å². The number of hydrogen-bond donors (Lipinski definition) is 14. The van der Waals surface area contributed by atoms with Gasteiger partial charge in [-0.25, -0.2) is 0 Å². The van der Waals surface area contributed by atoms with Crippen molar-refractivity contribution in [1.29, 1.82) is 0 Å². The molecule has 9 fully saturated rings. The first-order valence-corrected chi connectivity index (χ1v) is 24.9. The Labute approximate surface area is 402 Å². The molecule has 325 valence electrons. The molecule has 6 atom stereocenters. The van der Waals surface area contributed by atoms with Gasteiger partial charge in [-0.05, 0) is 14.1 Å². The highest BCUT2D eigenvalue weighted by atomic mass is 15.4. The topological polar surface area (TPSA) is 201 Å². The normalized spacial score (nSPS) is 32.2. The zero-order valence-electron chi connectivity index (χ0n) is 42.3. The van der Waals surface area contributed by atoms with Crippen LogP contribution in [-0.2, 0) is 0 Å². The van der Waals surface area contributed by atoms with Crippen LogP contribution in [0.15, 0.2) is 0 Å². The second-order valence-corrected chi connectivity index (χ2v) is 20.5. The van der Waals surface area contributed by atoms with Crippen molar-refractivity contribution in [1.82, 2.24) is 118 Å². The lowest BCUT2D eigenvalue weighted by atomic mass is 9.31. The first kappa shape index (κ1) is 50.5. The fraction of sp³-hybridized carbons (Fsp3) is 1.00. The molecular weight excluding hydrogens is 800 g/mol. The van der Waals surface area contributed by atoms with E-state index < -0.39 is 0 Å². The summed E-state index contributed by atoms with van der Waals surface area (Å²) in [5, 5.41) is 55.3. The molecule has 0 aromatic rings. The van der Waals surface area contributed by atoms with Gasteiger partial charge in [-0.3, -0.25) is 0 Å². The average Bonchev–Trinajstić information content (AvgIpc) is 3.21. The molecule has 6 unspecified atom stereocenters. The molecular formula is C17H65B24N24. The molecule has 65 heavy (non-hydrogen) atoms. The van der Waals surface area contributed by atoms with E-state index in [4.69, 9.17) is 0 Å². The summed E-state index contributed by atoms with van der Waals surface area (Å²) in [6, 6.07) is 0. The monoisotopic (exact) mass is 870 g/mol. The van der Waals surface area contributed by atoms with E-state index in [0.717, 1.165) is 0 Å². The first-order valence-electron chi connectivity index (χ1n) is 24.9. The van der Waals surface area contributed by atoms with Gasteiger partial charge in [-0.2, -0.15) is 0 Å². The Morgan fingerprint density at radius 2 is 0.631 bits per heavy atom. The summed E-state index contributed by atoms with van der Waals surface area (Å²) in [5.41, 5.74) is 0. The van der Waals surface area contributed by atoms with Crippen LogP contribution in [0.2, 0.25) is 102 Å². The van der Waals surface area contributed by atoms with Crippen LogP contribution < -0.4 is 71.9 Å². The van der Waals surface area contributed by atoms with Gasteiger partial charge in [0.2, 0.25) is 0 Å². The summed E-state index contributed by atoms with van der Waals surface area (Å²) < 4.78 is 25.8. The predicted molar refractivity (Wildman–Crippen MR) is 300 cm³/mol. The van der Waals surface area contributed by atoms with Gasteiger partial charge in [0.25, 0.3) is 112 Å². The number of fused-ring (bicyclic) bond motifs is 18. The molecule has 9 heterocycles. The fourth-order valence-electron chi connectivity index (χ4n) is 13.3. The molecule has 0 spiro atoms. The van der Waals surface area contributed by atoms with Crippen molar-refractivity contribution < 1.29 is 0 Å². The lowest BCUT2D eigenvalue weighted by Crippen LogP contribution is -2.98. The SMILES string of the molecule is CB1NB(C)N(B2NB3NB(N2)N2B(C)N(B4N[B]NB(C)N4)B(C)N(B4NB(C)NB(N4)N4B(C)N(C)B(C)N(B5NB(NB(C)N5C)N5B(C)NB(C)N3B5C)B4C)B2C)B(C)N1. The van der Waals surface area contributed by atoms with Crippen molar-refractivity contribution in [3.63, 3.8) is 0 Å². The van der Waals surface area contributed by atoms with E-state index in [2.05, 4.69) is 235 Å². The minimum Gasteiger partial charge on any atom is -0.375 e. The van der Waals surface area contributed by atoms with Crippen molar-refractivity contribution in [3.05, 3.63) is 0 Å². The standard InChI is InChI=1S/C17H65B24N24/c1-19-42-18-43-34(46-19)62-30(12)63-32(14)64(31(62)13)40-53-38(58-23(5)44-20(2)45-24(58)6)52-39(54-40)60-26(8)49-25(7)59(29(60)11)37-50-22(4)56(16)41(55-37)65-28(10)57(17)27(9)61(33(65)15)35-47-21(3)48-36(63)51-35/h42-55H,1-17H3. The maximum Gasteiger partial charge on any atom is 0.360 e. The van der Waals surface area contributed by atoms with Gasteiger partial charge in [0.1, 0.15) is 0 Å². The highest BCUT2D eigenvalue weighted by molar-refractivity contribution is 7.11. The minimum atomic E-state index is -0.272. The van der Waals surface area contributed by atoms with Crippen LogP contribution in [0, 0.1) is 0 Å². The minimum absolute atomic E-state index is 0.00325. The van der Waals surface area contributed by atoms with Crippen LogP contribution >= 0.6 is 0 Å². The van der Waals surface area contributed by atoms with E-state index in [1.807, 2.05) is 7.55 Å². The number of nitrogens with one attached hydrogen (secondary N) is 14. The third kappa shape index (κ3) is 9.12. The molecule has 14 N–H and O–H groups in total. The molecule has 0 aromatic carbocycles. The van der Waals surface area contributed by atoms with E-state index in [1.165, 1.54) is 0 Å². The van der Waals surface area contributed by atoms with Gasteiger partial charge in [0.15, 0.2) is 0 Å². The Balaban J connectivity index is 1.19. The molecule has 24 nitrogen and oxygen atoms in total. The van der Waals surface area contributed by atoms with Gasteiger partial charge >= 0.3 is 56.9 Å². The summed E-state index contributed by atoms with van der Waals surface area (Å²) in [6.45, 7) is 35.6. The number of nitrogens with zero attached hydrogens (tertiary/aromatic N) is 10. The largest absolute Gasteiger partial charge is 0.375 e. The quantitative estimate of drug-likeness (QED) is 0.117. The van der Waals surface area contributed by atoms with Gasteiger partial charge in [0, 0.05) is 0 Å². The molecule has 0 amide bonds. The number of hydrogen-bond acceptors (Lipinski definition) is 24. The van der Waals surface area contributed by atoms with Gasteiger partial charge in [0.05, 0.1) is 0 Å². The van der Waals surface area contributed by atoms with Gasteiger partial charge in [-0.1, -0.05) is 102 Å². The zero-order chi connectivity index (χ0) is 46.7. The van der Waals surface area contributed by atoms with E-state index in [0.29, 0.717) is 0 Å². The van der Waals surface area contributed by atoms with Crippen LogP contribution in [-0.4, -0.2) is 230 Å². The van der Waals surface area contributed by atoms with Crippen molar-refractivity contribution in [2.24, 2.45) is 0 Å². The van der Waals surface area contributed by atoms with E-state index in [-0.39, 0.29) is 162 Å². The molecule has 0 aromatic heterocycles. The summed E-state index contributed by atoms with van der Waals surface area (Å²) in [7, 11) is 5.06. The predicted octanol–water partition coefficient (Wildman–Crippen LogP) is -10.2. The fourth-order valence-corrected chi connectivity index (χ4v) is 13.3. The highest BCUT2D eigenvalue weighted by Gasteiger charge is 2.63. The Kier molecular flexibility index (Phi) is 15.5. The third-order valence-corrected chi connectivity index (χ3v) is 16.7. The van der Waals surface area contributed by atoms with Crippen LogP contribution in [0.1, 0.15) is 0 Å². The van der Waals surface area contributed by atoms with Crippen LogP contribution in [0.25, 0.3) is 0 Å². The maximum absolute atomic E-state index is 4.21. The molecule has 48 heteroatoms. The second kappa shape index (κ2) is 19.9. The Morgan fingerprint density at radius 3 is 1.17 bits per heavy atom. The summed E-state index contributed by atoms with van der Waals surface area (Å²) in [5.74, 6) is 0. The third-order valence-electron chi connectivity index (χ3n) is 16.7. The van der Waals surface area contributed by atoms with Gasteiger partial charge in [-0.15, -0.1) is 0 Å². The van der Waals surface area contributed by atoms with E-state index in [9.17, 15) is 0 Å². The lowest BCUT2D eigenvalue weighted by molar-refractivity contribution is 0.589. The molecule has 1 radical (unpaired) electrons. The first-order chi connectivity index (χ1) is 30.8. The van der Waals surface area contributed by atoms with E-state index >= 15 is 0 Å². The summed E-state index contributed by atoms with van der Waals surface area (Å²) in [4.78, 5) is 0. The molecule has 9 rings (SSSR count). The van der Waals surface area contributed by atoms with E-state index in [1.54, 1.807) is 0 Å². The molecule has 9 aliphatic heterocycles. The van der Waals surface area contributed by atoms with Crippen molar-refractivity contribution >= 4 is 169 Å². The smallest absolute Gasteiger partial charge is 0.360 e. The van der Waals surface area contributed by atoms with Crippen molar-refractivity contribution in [2.75, 3.05) is 14.1 Å². The Hall–Kier alpha value is 0.598. The van der Waals surface area contributed by atoms with Gasteiger partial charge < -0.3 is 118 Å².